The van der Waals surface area contributed by atoms with E-state index >= 15 is 0 Å². The molecule has 3 rings (SSSR count). The molecule has 1 atom stereocenters. The van der Waals surface area contributed by atoms with Gasteiger partial charge in [-0.15, -0.1) is 22.9 Å². The summed E-state index contributed by atoms with van der Waals surface area (Å²) in [6.45, 7) is 5.46. The van der Waals surface area contributed by atoms with E-state index in [0.717, 1.165) is 35.9 Å². The van der Waals surface area contributed by atoms with Crippen LogP contribution in [0, 0.1) is 13.8 Å². The molecule has 0 saturated carbocycles. The normalized spacial score (nSPS) is 19.1. The number of thiophene rings is 1. The van der Waals surface area contributed by atoms with Crippen molar-refractivity contribution in [2.24, 2.45) is 0 Å². The molecule has 20 heavy (non-hydrogen) atoms. The largest absolute Gasteiger partial charge is 0.353 e. The van der Waals surface area contributed by atoms with Crippen LogP contribution < -0.4 is 4.90 Å². The van der Waals surface area contributed by atoms with Gasteiger partial charge in [0.1, 0.15) is 17.0 Å². The van der Waals surface area contributed by atoms with E-state index in [0.29, 0.717) is 6.04 Å². The second-order valence-electron chi connectivity index (χ2n) is 5.48. The van der Waals surface area contributed by atoms with Gasteiger partial charge in [-0.25, -0.2) is 9.97 Å². The fourth-order valence-corrected chi connectivity index (χ4v) is 4.25. The summed E-state index contributed by atoms with van der Waals surface area (Å²) in [5.41, 5.74) is 1.34. The Hall–Kier alpha value is -0.870. The molecule has 3 nitrogen and oxygen atoms in total. The zero-order valence-electron chi connectivity index (χ0n) is 12.0. The maximum Gasteiger partial charge on any atom is 0.141 e. The summed E-state index contributed by atoms with van der Waals surface area (Å²) < 4.78 is 0. The first-order valence-corrected chi connectivity index (χ1v) is 8.60. The van der Waals surface area contributed by atoms with Crippen molar-refractivity contribution >= 4 is 39.0 Å². The van der Waals surface area contributed by atoms with Crippen LogP contribution >= 0.6 is 22.9 Å². The molecule has 0 radical (unpaired) electrons. The number of aromatic nitrogens is 2. The van der Waals surface area contributed by atoms with Gasteiger partial charge < -0.3 is 4.90 Å². The number of hydrogen-bond acceptors (Lipinski definition) is 4. The van der Waals surface area contributed by atoms with E-state index in [1.165, 1.54) is 28.7 Å². The molecule has 1 fully saturated rings. The first-order chi connectivity index (χ1) is 9.72. The van der Waals surface area contributed by atoms with E-state index in [-0.39, 0.29) is 0 Å². The Bertz CT molecular complexity index is 610. The predicted molar refractivity (Wildman–Crippen MR) is 87.2 cm³/mol. The van der Waals surface area contributed by atoms with Crippen molar-refractivity contribution in [3.8, 4) is 0 Å². The van der Waals surface area contributed by atoms with Crippen LogP contribution in [0.2, 0.25) is 0 Å². The second-order valence-corrected chi connectivity index (χ2v) is 7.06. The van der Waals surface area contributed by atoms with Crippen LogP contribution in [0.15, 0.2) is 6.33 Å². The van der Waals surface area contributed by atoms with Crippen LogP contribution in [0.4, 0.5) is 5.82 Å². The van der Waals surface area contributed by atoms with Gasteiger partial charge in [-0.1, -0.05) is 0 Å². The highest BCUT2D eigenvalue weighted by atomic mass is 35.5. The quantitative estimate of drug-likeness (QED) is 0.789. The van der Waals surface area contributed by atoms with E-state index in [4.69, 9.17) is 11.6 Å². The topological polar surface area (TPSA) is 29.0 Å². The first kappa shape index (κ1) is 14.1. The first-order valence-electron chi connectivity index (χ1n) is 7.25. The molecular weight excluding hydrogens is 290 g/mol. The molecule has 0 aliphatic carbocycles. The molecule has 1 unspecified atom stereocenters. The Balaban J connectivity index is 2.00. The molecule has 1 aliphatic rings. The number of rotatable bonds is 4. The third kappa shape index (κ3) is 2.40. The van der Waals surface area contributed by atoms with Crippen molar-refractivity contribution in [2.75, 3.05) is 17.3 Å². The van der Waals surface area contributed by atoms with Crippen molar-refractivity contribution in [3.05, 3.63) is 16.8 Å². The zero-order chi connectivity index (χ0) is 14.1. The van der Waals surface area contributed by atoms with Crippen LogP contribution in [0.5, 0.6) is 0 Å². The highest BCUT2D eigenvalue weighted by molar-refractivity contribution is 7.18. The van der Waals surface area contributed by atoms with Crippen LogP contribution in [0.25, 0.3) is 10.2 Å². The maximum atomic E-state index is 5.85. The van der Waals surface area contributed by atoms with E-state index in [9.17, 15) is 0 Å². The summed E-state index contributed by atoms with van der Waals surface area (Å²) >= 11 is 7.63. The number of anilines is 1. The minimum Gasteiger partial charge on any atom is -0.353 e. The lowest BCUT2D eigenvalue weighted by atomic mass is 10.1. The Morgan fingerprint density at radius 3 is 3.05 bits per heavy atom. The van der Waals surface area contributed by atoms with E-state index in [1.807, 2.05) is 0 Å². The fourth-order valence-electron chi connectivity index (χ4n) is 3.11. The summed E-state index contributed by atoms with van der Waals surface area (Å²) in [4.78, 5) is 14.0. The Morgan fingerprint density at radius 1 is 1.40 bits per heavy atom. The van der Waals surface area contributed by atoms with Gasteiger partial charge in [0.05, 0.1) is 5.39 Å². The molecule has 1 aliphatic heterocycles. The monoisotopic (exact) mass is 309 g/mol. The summed E-state index contributed by atoms with van der Waals surface area (Å²) in [6, 6.07) is 0.589. The predicted octanol–water partition coefficient (Wildman–Crippen LogP) is 4.30. The molecule has 0 amide bonds. The van der Waals surface area contributed by atoms with E-state index in [1.54, 1.807) is 17.7 Å². The molecule has 5 heteroatoms. The lowest BCUT2D eigenvalue weighted by molar-refractivity contribution is 0.599. The number of alkyl halides is 1. The third-order valence-electron chi connectivity index (χ3n) is 4.27. The van der Waals surface area contributed by atoms with Gasteiger partial charge in [-0.05, 0) is 45.1 Å². The summed E-state index contributed by atoms with van der Waals surface area (Å²) in [5, 5.41) is 1.26. The standard InChI is InChI=1S/C15H20ClN3S/c1-10-11(2)20-15-13(10)14(17-9-18-15)19-8-4-6-12(19)5-3-7-16/h9,12H,3-8H2,1-2H3. The number of halogens is 1. The van der Waals surface area contributed by atoms with E-state index in [2.05, 4.69) is 28.7 Å². The SMILES string of the molecule is Cc1sc2ncnc(N3CCCC3CCCCl)c2c1C. The minimum atomic E-state index is 0.589. The Kier molecular flexibility index (Phi) is 4.13. The van der Waals surface area contributed by atoms with Crippen molar-refractivity contribution in [1.82, 2.24) is 9.97 Å². The summed E-state index contributed by atoms with van der Waals surface area (Å²) in [7, 11) is 0. The summed E-state index contributed by atoms with van der Waals surface area (Å²) in [5.74, 6) is 1.88. The average molecular weight is 310 g/mol. The van der Waals surface area contributed by atoms with Crippen LogP contribution in [-0.4, -0.2) is 28.4 Å². The van der Waals surface area contributed by atoms with E-state index < -0.39 is 0 Å². The molecule has 2 aromatic rings. The van der Waals surface area contributed by atoms with Gasteiger partial charge in [0.15, 0.2) is 0 Å². The molecule has 0 aromatic carbocycles. The van der Waals surface area contributed by atoms with Crippen LogP contribution in [0.1, 0.15) is 36.1 Å². The number of hydrogen-bond donors (Lipinski definition) is 0. The zero-order valence-corrected chi connectivity index (χ0v) is 13.6. The van der Waals surface area contributed by atoms with Crippen molar-refractivity contribution in [1.29, 1.82) is 0 Å². The molecule has 0 N–H and O–H groups in total. The van der Waals surface area contributed by atoms with Crippen molar-refractivity contribution in [3.63, 3.8) is 0 Å². The second kappa shape index (κ2) is 5.86. The molecule has 3 heterocycles. The average Bonchev–Trinajstić information content (AvgIpc) is 3.02. The molecular formula is C15H20ClN3S. The van der Waals surface area contributed by atoms with Crippen LogP contribution in [-0.2, 0) is 0 Å². The van der Waals surface area contributed by atoms with Crippen molar-refractivity contribution in [2.45, 2.75) is 45.6 Å². The van der Waals surface area contributed by atoms with Gasteiger partial charge in [0.2, 0.25) is 0 Å². The highest BCUT2D eigenvalue weighted by Gasteiger charge is 2.27. The smallest absolute Gasteiger partial charge is 0.141 e. The summed E-state index contributed by atoms with van der Waals surface area (Å²) in [6.07, 6.45) is 6.46. The van der Waals surface area contributed by atoms with Gasteiger partial charge >= 0.3 is 0 Å². The molecule has 108 valence electrons. The third-order valence-corrected chi connectivity index (χ3v) is 5.65. The molecule has 0 spiro atoms. The van der Waals surface area contributed by atoms with Crippen molar-refractivity contribution < 1.29 is 0 Å². The van der Waals surface area contributed by atoms with Gasteiger partial charge in [-0.2, -0.15) is 0 Å². The highest BCUT2D eigenvalue weighted by Crippen LogP contribution is 2.37. The fraction of sp³-hybridized carbons (Fsp3) is 0.600. The lowest BCUT2D eigenvalue weighted by Gasteiger charge is -2.26. The van der Waals surface area contributed by atoms with Gasteiger partial charge in [0.25, 0.3) is 0 Å². The van der Waals surface area contributed by atoms with Gasteiger partial charge in [0, 0.05) is 23.3 Å². The number of nitrogens with zero attached hydrogens (tertiary/aromatic N) is 3. The lowest BCUT2D eigenvalue weighted by Crippen LogP contribution is -2.30. The number of fused-ring (bicyclic) bond motifs is 1. The molecule has 0 bridgehead atoms. The number of aryl methyl sites for hydroxylation is 2. The Morgan fingerprint density at radius 2 is 2.25 bits per heavy atom. The molecule has 2 aromatic heterocycles. The maximum absolute atomic E-state index is 5.85. The Labute approximate surface area is 129 Å². The van der Waals surface area contributed by atoms with Gasteiger partial charge in [-0.3, -0.25) is 0 Å². The molecule has 1 saturated heterocycles. The van der Waals surface area contributed by atoms with Crippen LogP contribution in [0.3, 0.4) is 0 Å². The minimum absolute atomic E-state index is 0.589.